The average Bonchev–Trinajstić information content (AvgIpc) is 2.41. The number of benzene rings is 1. The maximum absolute atomic E-state index is 11.7. The molecule has 0 atom stereocenters. The first-order valence-electron chi connectivity index (χ1n) is 5.75. The van der Waals surface area contributed by atoms with Gasteiger partial charge in [0.1, 0.15) is 0 Å². The highest BCUT2D eigenvalue weighted by atomic mass is 79.9. The van der Waals surface area contributed by atoms with Crippen LogP contribution in [0.4, 0.5) is 5.69 Å². The number of ether oxygens (including phenoxy) is 1. The average molecular weight is 321 g/mol. The van der Waals surface area contributed by atoms with E-state index in [0.717, 1.165) is 15.7 Å². The first-order valence-corrected chi connectivity index (χ1v) is 6.54. The van der Waals surface area contributed by atoms with Gasteiger partial charge in [0, 0.05) is 22.4 Å². The first kappa shape index (κ1) is 13.5. The molecule has 1 aromatic carbocycles. The molecule has 98 valence electrons. The van der Waals surface area contributed by atoms with Crippen LogP contribution in [0, 0.1) is 6.92 Å². The highest BCUT2D eigenvalue weighted by Crippen LogP contribution is 2.19. The molecule has 1 amide bonds. The second-order valence-corrected chi connectivity index (χ2v) is 4.88. The summed E-state index contributed by atoms with van der Waals surface area (Å²) in [7, 11) is 0. The van der Waals surface area contributed by atoms with E-state index in [4.69, 9.17) is 4.74 Å². The van der Waals surface area contributed by atoms with Crippen LogP contribution >= 0.6 is 15.9 Å². The largest absolute Gasteiger partial charge is 0.468 e. The van der Waals surface area contributed by atoms with Gasteiger partial charge in [-0.3, -0.25) is 4.79 Å². The van der Waals surface area contributed by atoms with Crippen LogP contribution in [0.3, 0.4) is 0 Å². The Bertz CT molecular complexity index is 573. The van der Waals surface area contributed by atoms with Crippen LogP contribution in [0.25, 0.3) is 0 Å². The van der Waals surface area contributed by atoms with Crippen molar-refractivity contribution in [2.24, 2.45) is 0 Å². The number of nitrogens with one attached hydrogen (secondary N) is 1. The highest BCUT2D eigenvalue weighted by molar-refractivity contribution is 9.10. The molecular formula is C14H13BrN2O2. The van der Waals surface area contributed by atoms with Gasteiger partial charge in [-0.25, -0.2) is 4.98 Å². The minimum Gasteiger partial charge on any atom is -0.468 e. The molecule has 0 aliphatic rings. The van der Waals surface area contributed by atoms with Crippen molar-refractivity contribution >= 4 is 27.5 Å². The van der Waals surface area contributed by atoms with Crippen LogP contribution in [-0.2, 0) is 4.79 Å². The molecular weight excluding hydrogens is 308 g/mol. The monoisotopic (exact) mass is 320 g/mol. The molecule has 2 rings (SSSR count). The van der Waals surface area contributed by atoms with Gasteiger partial charge in [0.05, 0.1) is 0 Å². The van der Waals surface area contributed by atoms with Gasteiger partial charge in [-0.15, -0.1) is 0 Å². The van der Waals surface area contributed by atoms with E-state index in [1.807, 2.05) is 25.1 Å². The quantitative estimate of drug-likeness (QED) is 0.941. The summed E-state index contributed by atoms with van der Waals surface area (Å²) in [5.74, 6) is 0.223. The number of amides is 1. The minimum atomic E-state index is -0.212. The standard InChI is InChI=1S/C14H13BrN2O2/c1-10-8-11(15)5-6-12(10)17-13(18)9-19-14-4-2-3-7-16-14/h2-8H,9H2,1H3,(H,17,18). The maximum Gasteiger partial charge on any atom is 0.262 e. The lowest BCUT2D eigenvalue weighted by Crippen LogP contribution is -2.20. The predicted octanol–water partition coefficient (Wildman–Crippen LogP) is 3.17. The molecule has 1 heterocycles. The van der Waals surface area contributed by atoms with E-state index in [2.05, 4.69) is 26.2 Å². The van der Waals surface area contributed by atoms with Crippen LogP contribution in [0.1, 0.15) is 5.56 Å². The Hall–Kier alpha value is -1.88. The van der Waals surface area contributed by atoms with E-state index in [0.29, 0.717) is 5.88 Å². The van der Waals surface area contributed by atoms with Crippen LogP contribution in [0.2, 0.25) is 0 Å². The number of pyridine rings is 1. The minimum absolute atomic E-state index is 0.0630. The Balaban J connectivity index is 1.91. The smallest absolute Gasteiger partial charge is 0.262 e. The Morgan fingerprint density at radius 1 is 1.37 bits per heavy atom. The van der Waals surface area contributed by atoms with Gasteiger partial charge in [0.15, 0.2) is 6.61 Å². The normalized spacial score (nSPS) is 10.0. The number of halogens is 1. The number of hydrogen-bond donors (Lipinski definition) is 1. The molecule has 0 bridgehead atoms. The van der Waals surface area contributed by atoms with Crippen molar-refractivity contribution in [1.82, 2.24) is 4.98 Å². The summed E-state index contributed by atoms with van der Waals surface area (Å²) in [6, 6.07) is 11.0. The lowest BCUT2D eigenvalue weighted by molar-refractivity contribution is -0.118. The number of aromatic nitrogens is 1. The first-order chi connectivity index (χ1) is 9.15. The summed E-state index contributed by atoms with van der Waals surface area (Å²) in [5, 5.41) is 2.80. The molecule has 0 aliphatic heterocycles. The Kier molecular flexibility index (Phi) is 4.52. The molecule has 19 heavy (non-hydrogen) atoms. The van der Waals surface area contributed by atoms with Gasteiger partial charge in [0.25, 0.3) is 5.91 Å². The number of nitrogens with zero attached hydrogens (tertiary/aromatic N) is 1. The fourth-order valence-electron chi connectivity index (χ4n) is 1.53. The number of anilines is 1. The summed E-state index contributed by atoms with van der Waals surface area (Å²) < 4.78 is 6.25. The number of carbonyl (C=O) groups excluding carboxylic acids is 1. The van der Waals surface area contributed by atoms with E-state index in [9.17, 15) is 4.79 Å². The molecule has 1 aromatic heterocycles. The van der Waals surface area contributed by atoms with Crippen LogP contribution < -0.4 is 10.1 Å². The zero-order valence-electron chi connectivity index (χ0n) is 10.4. The Labute approximate surface area is 119 Å². The van der Waals surface area contributed by atoms with Crippen molar-refractivity contribution in [2.45, 2.75) is 6.92 Å². The zero-order valence-corrected chi connectivity index (χ0v) is 12.0. The molecule has 4 nitrogen and oxygen atoms in total. The molecule has 2 aromatic rings. The van der Waals surface area contributed by atoms with Crippen molar-refractivity contribution in [3.05, 3.63) is 52.6 Å². The highest BCUT2D eigenvalue weighted by Gasteiger charge is 2.06. The number of rotatable bonds is 4. The van der Waals surface area contributed by atoms with Gasteiger partial charge in [0.2, 0.25) is 5.88 Å². The van der Waals surface area contributed by atoms with Gasteiger partial charge in [-0.05, 0) is 36.8 Å². The molecule has 0 aliphatic carbocycles. The van der Waals surface area contributed by atoms with Crippen LogP contribution in [0.5, 0.6) is 5.88 Å². The fourth-order valence-corrected chi connectivity index (χ4v) is 2.00. The van der Waals surface area contributed by atoms with Crippen molar-refractivity contribution in [1.29, 1.82) is 0 Å². The van der Waals surface area contributed by atoms with Crippen molar-refractivity contribution in [2.75, 3.05) is 11.9 Å². The number of hydrogen-bond acceptors (Lipinski definition) is 3. The molecule has 0 radical (unpaired) electrons. The summed E-state index contributed by atoms with van der Waals surface area (Å²) >= 11 is 3.38. The van der Waals surface area contributed by atoms with Crippen molar-refractivity contribution < 1.29 is 9.53 Å². The SMILES string of the molecule is Cc1cc(Br)ccc1NC(=O)COc1ccccn1. The molecule has 0 saturated heterocycles. The van der Waals surface area contributed by atoms with E-state index >= 15 is 0 Å². The summed E-state index contributed by atoms with van der Waals surface area (Å²) in [6.07, 6.45) is 1.62. The maximum atomic E-state index is 11.7. The molecule has 0 fully saturated rings. The van der Waals surface area contributed by atoms with Gasteiger partial charge >= 0.3 is 0 Å². The summed E-state index contributed by atoms with van der Waals surface area (Å²) in [6.45, 7) is 1.87. The van der Waals surface area contributed by atoms with Crippen molar-refractivity contribution in [3.63, 3.8) is 0 Å². The van der Waals surface area contributed by atoms with E-state index < -0.39 is 0 Å². The third-order valence-corrected chi connectivity index (χ3v) is 2.94. The lowest BCUT2D eigenvalue weighted by Gasteiger charge is -2.09. The van der Waals surface area contributed by atoms with E-state index in [1.165, 1.54) is 0 Å². The topological polar surface area (TPSA) is 51.2 Å². The van der Waals surface area contributed by atoms with E-state index in [-0.39, 0.29) is 12.5 Å². The Morgan fingerprint density at radius 3 is 2.89 bits per heavy atom. The van der Waals surface area contributed by atoms with Crippen LogP contribution in [-0.4, -0.2) is 17.5 Å². The second kappa shape index (κ2) is 6.33. The summed E-state index contributed by atoms with van der Waals surface area (Å²) in [5.41, 5.74) is 1.76. The van der Waals surface area contributed by atoms with Gasteiger partial charge in [-0.1, -0.05) is 22.0 Å². The third kappa shape index (κ3) is 4.06. The second-order valence-electron chi connectivity index (χ2n) is 3.96. The molecule has 0 spiro atoms. The van der Waals surface area contributed by atoms with Crippen LogP contribution in [0.15, 0.2) is 47.1 Å². The molecule has 5 heteroatoms. The Morgan fingerprint density at radius 2 is 2.21 bits per heavy atom. The zero-order chi connectivity index (χ0) is 13.7. The van der Waals surface area contributed by atoms with Crippen molar-refractivity contribution in [3.8, 4) is 5.88 Å². The van der Waals surface area contributed by atoms with Gasteiger partial charge < -0.3 is 10.1 Å². The lowest BCUT2D eigenvalue weighted by atomic mass is 10.2. The molecule has 0 unspecified atom stereocenters. The summed E-state index contributed by atoms with van der Waals surface area (Å²) in [4.78, 5) is 15.7. The molecule has 0 saturated carbocycles. The fraction of sp³-hybridized carbons (Fsp3) is 0.143. The number of aryl methyl sites for hydroxylation is 1. The third-order valence-electron chi connectivity index (χ3n) is 2.45. The molecule has 1 N–H and O–H groups in total. The van der Waals surface area contributed by atoms with E-state index in [1.54, 1.807) is 24.4 Å². The predicted molar refractivity (Wildman–Crippen MR) is 77.2 cm³/mol. The number of carbonyl (C=O) groups is 1. The van der Waals surface area contributed by atoms with Gasteiger partial charge in [-0.2, -0.15) is 0 Å².